The van der Waals surface area contributed by atoms with Gasteiger partial charge in [0, 0.05) is 42.8 Å². The third kappa shape index (κ3) is 5.43. The van der Waals surface area contributed by atoms with Gasteiger partial charge in [0.1, 0.15) is 0 Å². The minimum absolute atomic E-state index is 0.357. The number of alkyl halides is 6. The molecule has 1 aliphatic rings. The molecule has 0 amide bonds. The number of piperazine rings is 1. The molecule has 0 aliphatic carbocycles. The third-order valence-corrected chi connectivity index (χ3v) is 7.63. The van der Waals surface area contributed by atoms with Crippen molar-refractivity contribution < 1.29 is 39.9 Å². The zero-order valence-corrected chi connectivity index (χ0v) is 20.2. The van der Waals surface area contributed by atoms with E-state index in [1.54, 1.807) is 18.2 Å². The smallest absolute Gasteiger partial charge is 0.369 e. The number of aliphatic hydroxyl groups is 1. The fourth-order valence-corrected chi connectivity index (χ4v) is 5.23. The van der Waals surface area contributed by atoms with Crippen molar-refractivity contribution in [3.63, 3.8) is 0 Å². The van der Waals surface area contributed by atoms with Gasteiger partial charge in [-0.15, -0.1) is 0 Å². The molecule has 1 aliphatic heterocycles. The van der Waals surface area contributed by atoms with Gasteiger partial charge in [-0.3, -0.25) is 4.90 Å². The molecule has 13 heteroatoms. The largest absolute Gasteiger partial charge is 0.430 e. The summed E-state index contributed by atoms with van der Waals surface area (Å²) in [5.74, 6) is 0. The van der Waals surface area contributed by atoms with Crippen molar-refractivity contribution in [3.8, 4) is 11.1 Å². The first-order chi connectivity index (χ1) is 15.5. The number of halogens is 7. The van der Waals surface area contributed by atoms with Gasteiger partial charge in [0.15, 0.2) is 0 Å². The number of hydrogen-bond donors (Lipinski definition) is 1. The third-order valence-electron chi connectivity index (χ3n) is 5.67. The standard InChI is InChI=1S/C21H21BrF6N2O3S/c1-34(32,33)30-10-8-29(9-11-30)13-14-2-7-17(18(22)12-14)15-3-5-16(6-4-15)19(31,20(23,24)25)21(26,27)28/h2-7,12,31H,8-11,13H2,1H3. The van der Waals surface area contributed by atoms with Crippen molar-refractivity contribution in [1.82, 2.24) is 9.21 Å². The summed E-state index contributed by atoms with van der Waals surface area (Å²) in [6.45, 7) is 2.41. The lowest BCUT2D eigenvalue weighted by Crippen LogP contribution is -2.53. The Morgan fingerprint density at radius 2 is 1.44 bits per heavy atom. The molecule has 1 saturated heterocycles. The van der Waals surface area contributed by atoms with Crippen molar-refractivity contribution >= 4 is 26.0 Å². The molecule has 188 valence electrons. The van der Waals surface area contributed by atoms with Crippen molar-refractivity contribution in [2.24, 2.45) is 0 Å². The van der Waals surface area contributed by atoms with Crippen LogP contribution in [0.3, 0.4) is 0 Å². The number of hydrogen-bond acceptors (Lipinski definition) is 4. The lowest BCUT2D eigenvalue weighted by molar-refractivity contribution is -0.376. The molecule has 0 spiro atoms. The van der Waals surface area contributed by atoms with E-state index in [-0.39, 0.29) is 0 Å². The van der Waals surface area contributed by atoms with Crippen molar-refractivity contribution in [2.75, 3.05) is 32.4 Å². The fourth-order valence-electron chi connectivity index (χ4n) is 3.75. The zero-order valence-electron chi connectivity index (χ0n) is 17.8. The first-order valence-corrected chi connectivity index (χ1v) is 12.6. The highest BCUT2D eigenvalue weighted by Gasteiger charge is 2.71. The Morgan fingerprint density at radius 3 is 1.88 bits per heavy atom. The fraction of sp³-hybridized carbons (Fsp3) is 0.429. The highest BCUT2D eigenvalue weighted by atomic mass is 79.9. The molecular formula is C21H21BrF6N2O3S. The van der Waals surface area contributed by atoms with Crippen LogP contribution in [0.5, 0.6) is 0 Å². The summed E-state index contributed by atoms with van der Waals surface area (Å²) in [5, 5.41) is 9.52. The minimum atomic E-state index is -5.94. The molecule has 1 heterocycles. The molecule has 34 heavy (non-hydrogen) atoms. The summed E-state index contributed by atoms with van der Waals surface area (Å²) in [7, 11) is -3.24. The molecule has 2 aromatic rings. The van der Waals surface area contributed by atoms with Gasteiger partial charge in [0.2, 0.25) is 10.0 Å². The van der Waals surface area contributed by atoms with Crippen LogP contribution in [0.25, 0.3) is 11.1 Å². The molecule has 0 aromatic heterocycles. The minimum Gasteiger partial charge on any atom is -0.369 e. The second-order valence-corrected chi connectivity index (χ2v) is 10.9. The van der Waals surface area contributed by atoms with Gasteiger partial charge in [0.25, 0.3) is 5.60 Å². The SMILES string of the molecule is CS(=O)(=O)N1CCN(Cc2ccc(-c3ccc(C(O)(C(F)(F)F)C(F)(F)F)cc3)c(Br)c2)CC1. The van der Waals surface area contributed by atoms with Crippen LogP contribution in [-0.4, -0.2) is 67.5 Å². The predicted octanol–water partition coefficient (Wildman–Crippen LogP) is 4.51. The maximum atomic E-state index is 13.1. The summed E-state index contributed by atoms with van der Waals surface area (Å²) in [6.07, 6.45) is -10.7. The molecule has 3 rings (SSSR count). The average molecular weight is 575 g/mol. The molecule has 0 atom stereocenters. The van der Waals surface area contributed by atoms with Gasteiger partial charge in [-0.25, -0.2) is 8.42 Å². The molecule has 0 radical (unpaired) electrons. The van der Waals surface area contributed by atoms with E-state index in [4.69, 9.17) is 0 Å². The van der Waals surface area contributed by atoms with Crippen molar-refractivity contribution in [1.29, 1.82) is 0 Å². The number of nitrogens with zero attached hydrogens (tertiary/aromatic N) is 2. The number of sulfonamides is 1. The van der Waals surface area contributed by atoms with E-state index < -0.39 is 33.5 Å². The summed E-state index contributed by atoms with van der Waals surface area (Å²) in [5.41, 5.74) is -4.50. The Kier molecular flexibility index (Phi) is 7.46. The van der Waals surface area contributed by atoms with Crippen LogP contribution >= 0.6 is 15.9 Å². The Morgan fingerprint density at radius 1 is 0.912 bits per heavy atom. The highest BCUT2D eigenvalue weighted by molar-refractivity contribution is 9.10. The van der Waals surface area contributed by atoms with Gasteiger partial charge in [-0.1, -0.05) is 52.3 Å². The van der Waals surface area contributed by atoms with E-state index in [2.05, 4.69) is 20.8 Å². The summed E-state index contributed by atoms with van der Waals surface area (Å²) < 4.78 is 104. The molecule has 5 nitrogen and oxygen atoms in total. The predicted molar refractivity (Wildman–Crippen MR) is 117 cm³/mol. The molecule has 1 fully saturated rings. The van der Waals surface area contributed by atoms with Crippen molar-refractivity contribution in [2.45, 2.75) is 24.5 Å². The maximum Gasteiger partial charge on any atom is 0.430 e. The van der Waals surface area contributed by atoms with E-state index in [0.29, 0.717) is 60.5 Å². The highest BCUT2D eigenvalue weighted by Crippen LogP contribution is 2.50. The van der Waals surface area contributed by atoms with E-state index >= 15 is 0 Å². The van der Waals surface area contributed by atoms with Crippen LogP contribution in [0.2, 0.25) is 0 Å². The Balaban J connectivity index is 1.77. The van der Waals surface area contributed by atoms with E-state index in [0.717, 1.165) is 24.0 Å². The van der Waals surface area contributed by atoms with Gasteiger partial charge in [-0.2, -0.15) is 30.6 Å². The summed E-state index contributed by atoms with van der Waals surface area (Å²) in [4.78, 5) is 2.08. The maximum absolute atomic E-state index is 13.1. The number of rotatable bonds is 5. The van der Waals surface area contributed by atoms with Gasteiger partial charge < -0.3 is 5.11 Å². The van der Waals surface area contributed by atoms with E-state index in [1.807, 2.05) is 0 Å². The van der Waals surface area contributed by atoms with Gasteiger partial charge in [0.05, 0.1) is 6.26 Å². The van der Waals surface area contributed by atoms with Crippen LogP contribution < -0.4 is 0 Å². The Bertz CT molecular complexity index is 1110. The normalized spacial score (nSPS) is 17.2. The van der Waals surface area contributed by atoms with Crippen LogP contribution in [0.1, 0.15) is 11.1 Å². The van der Waals surface area contributed by atoms with Crippen LogP contribution in [-0.2, 0) is 22.2 Å². The summed E-state index contributed by atoms with van der Waals surface area (Å²) >= 11 is 3.39. The molecule has 0 bridgehead atoms. The summed E-state index contributed by atoms with van der Waals surface area (Å²) in [6, 6.07) is 8.63. The van der Waals surface area contributed by atoms with Crippen LogP contribution in [0.4, 0.5) is 26.3 Å². The van der Waals surface area contributed by atoms with Crippen molar-refractivity contribution in [3.05, 3.63) is 58.1 Å². The van der Waals surface area contributed by atoms with Gasteiger partial charge >= 0.3 is 12.4 Å². The first kappa shape index (κ1) is 26.9. The second kappa shape index (κ2) is 9.41. The molecule has 0 unspecified atom stereocenters. The Hall–Kier alpha value is -1.67. The molecule has 0 saturated carbocycles. The van der Waals surface area contributed by atoms with E-state index in [1.165, 1.54) is 4.31 Å². The van der Waals surface area contributed by atoms with E-state index in [9.17, 15) is 39.9 Å². The lowest BCUT2D eigenvalue weighted by atomic mass is 9.90. The monoisotopic (exact) mass is 574 g/mol. The zero-order chi connectivity index (χ0) is 25.5. The topological polar surface area (TPSA) is 60.9 Å². The average Bonchev–Trinajstić information content (AvgIpc) is 2.71. The van der Waals surface area contributed by atoms with Gasteiger partial charge in [-0.05, 0) is 22.8 Å². The van der Waals surface area contributed by atoms with Crippen LogP contribution in [0, 0.1) is 0 Å². The lowest BCUT2D eigenvalue weighted by Gasteiger charge is -2.33. The molecule has 1 N–H and O–H groups in total. The quantitative estimate of drug-likeness (QED) is 0.534. The first-order valence-electron chi connectivity index (χ1n) is 9.96. The molecule has 2 aromatic carbocycles. The Labute approximate surface area is 201 Å². The van der Waals surface area contributed by atoms with Crippen LogP contribution in [0.15, 0.2) is 46.9 Å². The second-order valence-electron chi connectivity index (χ2n) is 8.04. The number of benzene rings is 2. The molecular weight excluding hydrogens is 554 g/mol.